The first-order valence-electron chi connectivity index (χ1n) is 48.7. The lowest BCUT2D eigenvalue weighted by Gasteiger charge is -2.41. The molecule has 4 N–H and O–H groups in total. The fourth-order valence-electron chi connectivity index (χ4n) is 17.6. The van der Waals surface area contributed by atoms with Crippen LogP contribution in [0, 0.1) is 54.4 Å². The number of aromatic nitrogens is 5. The Hall–Kier alpha value is -12.6. The molecule has 40 heteroatoms. The second-order valence-corrected chi connectivity index (χ2v) is 46.3. The number of methoxy groups -OCH3 is 1. The van der Waals surface area contributed by atoms with Crippen LogP contribution in [0.3, 0.4) is 0 Å². The number of nitrogens with zero attached hydrogens (tertiary/aromatic N) is 14. The number of amides is 12. The van der Waals surface area contributed by atoms with Crippen molar-refractivity contribution in [3.8, 4) is 5.75 Å². The van der Waals surface area contributed by atoms with Gasteiger partial charge in [-0.3, -0.25) is 73.5 Å². The molecule has 778 valence electrons. The number of thiazole rings is 4. The van der Waals surface area contributed by atoms with Crippen molar-refractivity contribution in [2.75, 3.05) is 121 Å². The van der Waals surface area contributed by atoms with Crippen LogP contribution in [0.1, 0.15) is 194 Å². The van der Waals surface area contributed by atoms with E-state index in [0.29, 0.717) is 157 Å². The van der Waals surface area contributed by atoms with E-state index in [1.165, 1.54) is 134 Å². The molecule has 4 atom stereocenters. The van der Waals surface area contributed by atoms with Gasteiger partial charge in [-0.25, -0.2) is 24.3 Å². The van der Waals surface area contributed by atoms with Gasteiger partial charge >= 0.3 is 0 Å². The average molecular weight is 2170 g/mol. The van der Waals surface area contributed by atoms with Crippen molar-refractivity contribution >= 4 is 195 Å². The van der Waals surface area contributed by atoms with Crippen LogP contribution in [0.5, 0.6) is 5.75 Å². The lowest BCUT2D eigenvalue weighted by atomic mass is 10.00. The van der Waals surface area contributed by atoms with E-state index in [-0.39, 0.29) is 101 Å². The third-order valence-electron chi connectivity index (χ3n) is 25.8. The monoisotopic (exact) mass is 2170 g/mol. The molecule has 0 radical (unpaired) electrons. The highest BCUT2D eigenvalue weighted by Crippen LogP contribution is 2.43. The molecule has 4 saturated heterocycles. The van der Waals surface area contributed by atoms with Crippen LogP contribution in [-0.4, -0.2) is 263 Å². The number of rotatable bonds is 30. The number of anilines is 4. The molecule has 5 fully saturated rings. The van der Waals surface area contributed by atoms with Crippen LogP contribution in [-0.2, 0) is 36.9 Å². The maximum Gasteiger partial charge on any atom is 0.259 e. The van der Waals surface area contributed by atoms with Crippen LogP contribution >= 0.6 is 104 Å². The predicted octanol–water partition coefficient (Wildman–Crippen LogP) is 19.5. The number of ether oxygens (including phenoxy) is 1. The van der Waals surface area contributed by atoms with E-state index in [0.717, 1.165) is 121 Å². The fourth-order valence-corrected chi connectivity index (χ4v) is 25.4. The maximum absolute atomic E-state index is 13.6. The molecular formula is C108H124N18O13S9. The third kappa shape index (κ3) is 29.1. The van der Waals surface area contributed by atoms with Crippen molar-refractivity contribution in [3.05, 3.63) is 270 Å². The first kappa shape index (κ1) is 113. The van der Waals surface area contributed by atoms with Gasteiger partial charge in [0.25, 0.3) is 41.4 Å². The lowest BCUT2D eigenvalue weighted by Crippen LogP contribution is -2.56. The predicted molar refractivity (Wildman–Crippen MR) is 592 cm³/mol. The summed E-state index contributed by atoms with van der Waals surface area (Å²) in [6, 6.07) is 24.9. The van der Waals surface area contributed by atoms with E-state index in [1.807, 2.05) is 177 Å². The van der Waals surface area contributed by atoms with Crippen LogP contribution in [0.2, 0.25) is 0 Å². The summed E-state index contributed by atoms with van der Waals surface area (Å²) in [7, 11) is 5.55. The minimum absolute atomic E-state index is 0.0206. The summed E-state index contributed by atoms with van der Waals surface area (Å²) in [4.78, 5) is 190. The lowest BCUT2D eigenvalue weighted by molar-refractivity contribution is -0.131. The smallest absolute Gasteiger partial charge is 0.259 e. The molecule has 31 nitrogen and oxygen atoms in total. The Kier molecular flexibility index (Phi) is 39.9. The molecule has 1 aliphatic carbocycles. The van der Waals surface area contributed by atoms with Gasteiger partial charge in [0.2, 0.25) is 29.5 Å². The highest BCUT2D eigenvalue weighted by Gasteiger charge is 2.38. The molecule has 0 unspecified atom stereocenters. The van der Waals surface area contributed by atoms with Gasteiger partial charge in [-0.15, -0.1) is 11.3 Å². The van der Waals surface area contributed by atoms with Gasteiger partial charge < -0.3 is 54.2 Å². The number of benzene rings is 5. The van der Waals surface area contributed by atoms with Gasteiger partial charge in [0, 0.05) is 180 Å². The van der Waals surface area contributed by atoms with Gasteiger partial charge in [0.1, 0.15) is 5.75 Å². The molecular weight excluding hydrogens is 2050 g/mol. The second-order valence-electron chi connectivity index (χ2n) is 36.7. The van der Waals surface area contributed by atoms with Crippen LogP contribution < -0.4 is 26.0 Å². The average Bonchev–Trinajstić information content (AvgIpc) is 1.28. The first-order valence-corrected chi connectivity index (χ1v) is 56.2. The third-order valence-corrected chi connectivity index (χ3v) is 34.5. The zero-order valence-corrected chi connectivity index (χ0v) is 92.9. The molecule has 10 heterocycles. The molecule has 0 bridgehead atoms. The Morgan fingerprint density at radius 1 is 0.446 bits per heavy atom. The SMILES string of the molecule is C=CC(=O)N1CCCN(C(=O)c2cc(Cc3cnc(NC(=O)C4CC4)s3)c(C)cc2OC)C[C@H]1C.C=CC(=O)N1CCN(C(=O)c2cc(Sc3cnc(NC(=O)c4cccc(CN(C)C)c4)s3)c(C)cc2C)C[C@H]1CC.C=CC(=O)N1CCN(C(=O)c2cc(Sc3cnc(NC(=O)c4ccsc4)s3)c(C)cc2C)C[C@H]1CC.C=CC(=O)N1CCN(C(=O)c2cc(Sc3cnc(NC(=O)c4cnsc4)s3)c(C)cc2C)C[C@H]1CC. The minimum Gasteiger partial charge on any atom is -0.496 e. The standard InChI is InChI=1S/C31H37N5O3S2.C26H32N4O4S.C26H28N4O3S3.C25H27N5O3S3/c1-7-24-19-35(12-13-36(24)27(37)8-2)30(39)25-16-26(21(4)14-20(25)3)40-28-17-32-31(41-28)33-29(38)23-11-9-10-22(15-23)18-34(5)6;1-5-23(31)30-10-6-9-29(15-17(30)3)25(33)21-13-19(16(2)11-22(21)34-4)12-20-14-27-26(35-20)28-24(32)18-7-8-18;1-5-19-14-29(8-9-30(19)22(31)6-2)25(33)20-12-21(17(4)11-16(20)3)35-23-13-27-26(36-23)28-24(32)18-7-10-34-15-18;1-5-18-13-29(7-8-30(18)21(31)6-2)24(33)19-10-20(16(4)9-15(19)3)35-22-12-26-25(36-22)28-23(32)17-11-27-34-14-17/h8-11,14-17,24H,2,7,12-13,18-19H2,1,3-6H3,(H,32,33,38);5,11,13-14,17-18H,1,6-10,12,15H2,2-4H3,(H,27,28,32);6-7,10-13,15,19H,2,5,8-9,14H2,1,3-4H3,(H,27,28,32);6,9-12,14,18H,2,5,7-8,13H2,1,3-4H3,(H,26,28,32)/t24-;17-;19-;18-/m1111/s1. The van der Waals surface area contributed by atoms with Crippen molar-refractivity contribution in [1.82, 2.24) is 68.4 Å². The number of nitrogens with one attached hydrogen (secondary N) is 4. The minimum atomic E-state index is -0.241. The molecule has 5 aliphatic rings. The van der Waals surface area contributed by atoms with E-state index in [1.54, 1.807) is 79.3 Å². The Balaban J connectivity index is 0.000000165. The van der Waals surface area contributed by atoms with Crippen molar-refractivity contribution < 1.29 is 62.3 Å². The molecule has 6 aromatic heterocycles. The van der Waals surface area contributed by atoms with Crippen molar-refractivity contribution in [1.29, 1.82) is 0 Å². The number of carbonyl (C=O) groups is 12. The summed E-state index contributed by atoms with van der Waals surface area (Å²) in [5.41, 5.74) is 13.2. The Bertz CT molecular complexity index is 6550. The van der Waals surface area contributed by atoms with Gasteiger partial charge in [-0.2, -0.15) is 11.3 Å². The Morgan fingerprint density at radius 3 is 1.28 bits per heavy atom. The number of hydrogen-bond donors (Lipinski definition) is 4. The van der Waals surface area contributed by atoms with Crippen molar-refractivity contribution in [3.63, 3.8) is 0 Å². The quantitative estimate of drug-likeness (QED) is 0.0304. The number of hydrogen-bond acceptors (Lipinski definition) is 28. The number of aryl methyl sites for hydroxylation is 7. The van der Waals surface area contributed by atoms with E-state index in [4.69, 9.17) is 4.74 Å². The summed E-state index contributed by atoms with van der Waals surface area (Å²) in [6.07, 6.45) is 19.4. The summed E-state index contributed by atoms with van der Waals surface area (Å²) in [6.45, 7) is 43.2. The summed E-state index contributed by atoms with van der Waals surface area (Å²) in [5.74, 6) is -0.477. The molecule has 5 aromatic carbocycles. The zero-order chi connectivity index (χ0) is 106. The molecule has 0 spiro atoms. The number of carbonyl (C=O) groups excluding carboxylic acids is 12. The van der Waals surface area contributed by atoms with Crippen LogP contribution in [0.15, 0.2) is 204 Å². The number of piperazine rings is 3. The molecule has 1 saturated carbocycles. The summed E-state index contributed by atoms with van der Waals surface area (Å²) < 4.78 is 12.3. The molecule has 11 aromatic rings. The second kappa shape index (κ2) is 52.5. The van der Waals surface area contributed by atoms with Gasteiger partial charge in [-0.05, 0) is 248 Å². The zero-order valence-electron chi connectivity index (χ0n) is 85.5. The van der Waals surface area contributed by atoms with E-state index in [2.05, 4.69) is 76.8 Å². The largest absolute Gasteiger partial charge is 0.496 e. The highest BCUT2D eigenvalue weighted by molar-refractivity contribution is 8.01. The molecule has 16 rings (SSSR count). The van der Waals surface area contributed by atoms with E-state index < -0.39 is 0 Å². The topological polar surface area (TPSA) is 356 Å². The highest BCUT2D eigenvalue weighted by atomic mass is 32.2. The van der Waals surface area contributed by atoms with Crippen molar-refractivity contribution in [2.45, 2.75) is 179 Å². The maximum atomic E-state index is 13.6. The summed E-state index contributed by atoms with van der Waals surface area (Å²) >= 11 is 12.9. The van der Waals surface area contributed by atoms with Gasteiger partial charge in [0.15, 0.2) is 20.5 Å². The normalized spacial score (nSPS) is 16.1. The van der Waals surface area contributed by atoms with Gasteiger partial charge in [-0.1, -0.05) is 147 Å². The van der Waals surface area contributed by atoms with Gasteiger partial charge in [0.05, 0.1) is 61.2 Å². The Morgan fingerprint density at radius 2 is 0.872 bits per heavy atom. The molecule has 4 aliphatic heterocycles. The fraction of sp³-hybridized carbons (Fsp3) is 0.361. The number of thiophene rings is 1. The van der Waals surface area contributed by atoms with Crippen LogP contribution in [0.4, 0.5) is 20.5 Å². The van der Waals surface area contributed by atoms with E-state index >= 15 is 0 Å². The van der Waals surface area contributed by atoms with Crippen LogP contribution in [0.25, 0.3) is 0 Å². The first-order chi connectivity index (χ1) is 71.0. The van der Waals surface area contributed by atoms with E-state index in [9.17, 15) is 57.5 Å². The Labute approximate surface area is 900 Å². The summed E-state index contributed by atoms with van der Waals surface area (Å²) in [5, 5.41) is 19.0. The van der Waals surface area contributed by atoms with Crippen molar-refractivity contribution in [2.24, 2.45) is 5.92 Å². The molecule has 148 heavy (non-hydrogen) atoms. The molecule has 12 amide bonds.